The van der Waals surface area contributed by atoms with Crippen molar-refractivity contribution in [2.24, 2.45) is 0 Å². The number of carbonyl (C=O) groups excluding carboxylic acids is 1. The first kappa shape index (κ1) is 12.3. The number of hydrogen-bond donors (Lipinski definition) is 1. The van der Waals surface area contributed by atoms with Crippen molar-refractivity contribution < 1.29 is 9.53 Å². The van der Waals surface area contributed by atoms with E-state index in [1.165, 1.54) is 6.20 Å². The number of amides is 1. The van der Waals surface area contributed by atoms with Gasteiger partial charge in [0.15, 0.2) is 0 Å². The van der Waals surface area contributed by atoms with Gasteiger partial charge in [-0.1, -0.05) is 6.08 Å². The van der Waals surface area contributed by atoms with Gasteiger partial charge in [0.25, 0.3) is 5.91 Å². The molecule has 86 valence electrons. The van der Waals surface area contributed by atoms with E-state index in [1.54, 1.807) is 11.0 Å². The van der Waals surface area contributed by atoms with Crippen LogP contribution in [0.5, 0.6) is 0 Å². The maximum Gasteiger partial charge on any atom is 0.266 e. The van der Waals surface area contributed by atoms with Gasteiger partial charge < -0.3 is 15.0 Å². The molecule has 1 N–H and O–H groups in total. The van der Waals surface area contributed by atoms with Crippen LogP contribution in [-0.4, -0.2) is 43.7 Å². The van der Waals surface area contributed by atoms with Crippen LogP contribution in [0.1, 0.15) is 0 Å². The zero-order valence-corrected chi connectivity index (χ0v) is 9.11. The zero-order valence-electron chi connectivity index (χ0n) is 9.11. The molecule has 1 saturated heterocycles. The largest absolute Gasteiger partial charge is 0.386 e. The molecule has 0 saturated carbocycles. The van der Waals surface area contributed by atoms with E-state index >= 15 is 0 Å². The van der Waals surface area contributed by atoms with Crippen molar-refractivity contribution >= 4 is 5.91 Å². The van der Waals surface area contributed by atoms with Gasteiger partial charge in [0.1, 0.15) is 11.6 Å². The Hall–Kier alpha value is -1.80. The molecule has 0 aromatic rings. The highest BCUT2D eigenvalue weighted by molar-refractivity contribution is 5.97. The second-order valence-corrected chi connectivity index (χ2v) is 3.27. The average molecular weight is 221 g/mol. The molecule has 5 nitrogen and oxygen atoms in total. The third-order valence-corrected chi connectivity index (χ3v) is 2.16. The molecule has 1 heterocycles. The first-order valence-corrected chi connectivity index (χ1v) is 5.11. The molecule has 1 fully saturated rings. The van der Waals surface area contributed by atoms with Crippen LogP contribution in [0.25, 0.3) is 0 Å². The van der Waals surface area contributed by atoms with Crippen molar-refractivity contribution in [2.75, 3.05) is 32.8 Å². The summed E-state index contributed by atoms with van der Waals surface area (Å²) >= 11 is 0. The summed E-state index contributed by atoms with van der Waals surface area (Å²) in [6, 6.07) is 1.89. The van der Waals surface area contributed by atoms with Crippen molar-refractivity contribution in [3.63, 3.8) is 0 Å². The molecule has 0 atom stereocenters. The maximum atomic E-state index is 11.8. The molecule has 1 aliphatic rings. The fourth-order valence-electron chi connectivity index (χ4n) is 1.32. The third-order valence-electron chi connectivity index (χ3n) is 2.16. The van der Waals surface area contributed by atoms with Gasteiger partial charge in [-0.15, -0.1) is 6.58 Å². The quantitative estimate of drug-likeness (QED) is 0.315. The Morgan fingerprint density at radius 3 is 2.81 bits per heavy atom. The van der Waals surface area contributed by atoms with Crippen LogP contribution >= 0.6 is 0 Å². The van der Waals surface area contributed by atoms with Crippen LogP contribution in [0.3, 0.4) is 0 Å². The molecule has 0 aliphatic carbocycles. The maximum absolute atomic E-state index is 11.8. The number of hydrogen-bond acceptors (Lipinski definition) is 4. The normalized spacial score (nSPS) is 16.4. The van der Waals surface area contributed by atoms with Crippen molar-refractivity contribution in [2.45, 2.75) is 0 Å². The molecule has 0 spiro atoms. The molecule has 1 rings (SSSR count). The van der Waals surface area contributed by atoms with Gasteiger partial charge >= 0.3 is 0 Å². The number of nitriles is 1. The van der Waals surface area contributed by atoms with E-state index in [1.807, 2.05) is 6.07 Å². The highest BCUT2D eigenvalue weighted by atomic mass is 16.5. The van der Waals surface area contributed by atoms with Crippen molar-refractivity contribution in [1.29, 1.82) is 5.26 Å². The predicted octanol–water partition coefficient (Wildman–Crippen LogP) is 0.0283. The lowest BCUT2D eigenvalue weighted by atomic mass is 10.2. The van der Waals surface area contributed by atoms with Crippen LogP contribution in [0.4, 0.5) is 0 Å². The van der Waals surface area contributed by atoms with E-state index in [0.717, 1.165) is 0 Å². The van der Waals surface area contributed by atoms with Gasteiger partial charge in [-0.25, -0.2) is 0 Å². The van der Waals surface area contributed by atoms with Crippen LogP contribution in [-0.2, 0) is 9.53 Å². The first-order valence-electron chi connectivity index (χ1n) is 5.11. The summed E-state index contributed by atoms with van der Waals surface area (Å²) < 4.78 is 5.14. The van der Waals surface area contributed by atoms with Gasteiger partial charge in [0.2, 0.25) is 0 Å². The molecule has 1 amide bonds. The minimum absolute atomic E-state index is 0.115. The number of morpholine rings is 1. The van der Waals surface area contributed by atoms with Crippen LogP contribution in [0, 0.1) is 11.3 Å². The van der Waals surface area contributed by atoms with E-state index in [4.69, 9.17) is 10.00 Å². The topological polar surface area (TPSA) is 65.4 Å². The minimum atomic E-state index is -0.248. The monoisotopic (exact) mass is 221 g/mol. The highest BCUT2D eigenvalue weighted by Gasteiger charge is 2.20. The average Bonchev–Trinajstić information content (AvgIpc) is 2.35. The third kappa shape index (κ3) is 3.41. The number of nitrogens with one attached hydrogen (secondary N) is 1. The van der Waals surface area contributed by atoms with Gasteiger partial charge in [-0.3, -0.25) is 4.79 Å². The van der Waals surface area contributed by atoms with E-state index in [9.17, 15) is 4.79 Å². The fraction of sp³-hybridized carbons (Fsp3) is 0.455. The fourth-order valence-corrected chi connectivity index (χ4v) is 1.32. The summed E-state index contributed by atoms with van der Waals surface area (Å²) in [4.78, 5) is 13.5. The lowest BCUT2D eigenvalue weighted by molar-refractivity contribution is -0.130. The summed E-state index contributed by atoms with van der Waals surface area (Å²) in [5, 5.41) is 11.7. The molecule has 0 aromatic heterocycles. The Balaban J connectivity index is 2.57. The highest BCUT2D eigenvalue weighted by Crippen LogP contribution is 2.03. The minimum Gasteiger partial charge on any atom is -0.386 e. The lowest BCUT2D eigenvalue weighted by Crippen LogP contribution is -2.41. The predicted molar refractivity (Wildman–Crippen MR) is 59.3 cm³/mol. The van der Waals surface area contributed by atoms with Gasteiger partial charge in [0, 0.05) is 25.8 Å². The Kier molecular flexibility index (Phi) is 5.09. The Morgan fingerprint density at radius 1 is 1.56 bits per heavy atom. The van der Waals surface area contributed by atoms with Crippen molar-refractivity contribution in [1.82, 2.24) is 10.2 Å². The Morgan fingerprint density at radius 2 is 2.25 bits per heavy atom. The number of rotatable bonds is 4. The number of nitrogens with zero attached hydrogens (tertiary/aromatic N) is 2. The van der Waals surface area contributed by atoms with Crippen LogP contribution in [0.15, 0.2) is 24.4 Å². The molecule has 0 unspecified atom stereocenters. The molecule has 0 aromatic carbocycles. The van der Waals surface area contributed by atoms with Crippen LogP contribution < -0.4 is 5.32 Å². The number of ether oxygens (including phenoxy) is 1. The van der Waals surface area contributed by atoms with Gasteiger partial charge in [0.05, 0.1) is 13.2 Å². The second kappa shape index (κ2) is 6.64. The van der Waals surface area contributed by atoms with Gasteiger partial charge in [-0.05, 0) is 0 Å². The molecule has 5 heteroatoms. The summed E-state index contributed by atoms with van der Waals surface area (Å²) in [5.74, 6) is -0.248. The second-order valence-electron chi connectivity index (χ2n) is 3.27. The molecular formula is C11H15N3O2. The Bertz CT molecular complexity index is 325. The molecule has 0 radical (unpaired) electrons. The molecule has 1 aliphatic heterocycles. The summed E-state index contributed by atoms with van der Waals surface area (Å²) in [6.45, 7) is 6.21. The zero-order chi connectivity index (χ0) is 11.8. The number of carbonyl (C=O) groups is 1. The molecular weight excluding hydrogens is 206 g/mol. The van der Waals surface area contributed by atoms with E-state index < -0.39 is 0 Å². The summed E-state index contributed by atoms with van der Waals surface area (Å²) in [7, 11) is 0. The lowest BCUT2D eigenvalue weighted by Gasteiger charge is -2.26. The van der Waals surface area contributed by atoms with E-state index in [-0.39, 0.29) is 11.5 Å². The van der Waals surface area contributed by atoms with E-state index in [0.29, 0.717) is 32.8 Å². The summed E-state index contributed by atoms with van der Waals surface area (Å²) in [5.41, 5.74) is 0.115. The van der Waals surface area contributed by atoms with Gasteiger partial charge in [-0.2, -0.15) is 5.26 Å². The van der Waals surface area contributed by atoms with Crippen molar-refractivity contribution in [3.8, 4) is 6.07 Å². The Labute approximate surface area is 95.0 Å². The SMILES string of the molecule is C=CCN/C=C(/C#N)C(=O)N1CCOCC1. The first-order chi connectivity index (χ1) is 7.79. The van der Waals surface area contributed by atoms with E-state index in [2.05, 4.69) is 11.9 Å². The van der Waals surface area contributed by atoms with Crippen LogP contribution in [0.2, 0.25) is 0 Å². The molecule has 0 bridgehead atoms. The summed E-state index contributed by atoms with van der Waals surface area (Å²) in [6.07, 6.45) is 3.09. The molecule has 16 heavy (non-hydrogen) atoms. The standard InChI is InChI=1S/C11H15N3O2/c1-2-3-13-9-10(8-12)11(15)14-4-6-16-7-5-14/h2,9,13H,1,3-7H2/b10-9-. The van der Waals surface area contributed by atoms with Crippen molar-refractivity contribution in [3.05, 3.63) is 24.4 Å². The smallest absolute Gasteiger partial charge is 0.266 e.